The molecule has 0 fully saturated rings. The van der Waals surface area contributed by atoms with Crippen LogP contribution in [0, 0.1) is 10.1 Å². The van der Waals surface area contributed by atoms with Gasteiger partial charge in [-0.2, -0.15) is 5.10 Å². The molecule has 4 rings (SSSR count). The van der Waals surface area contributed by atoms with Gasteiger partial charge in [-0.25, -0.2) is 13.8 Å². The molecule has 2 amide bonds. The van der Waals surface area contributed by atoms with Crippen LogP contribution >= 0.6 is 0 Å². The molecule has 0 aliphatic carbocycles. The molecule has 0 aliphatic heterocycles. The number of carbonyl (C=O) groups excluding carboxylic acids is 2. The van der Waals surface area contributed by atoms with Gasteiger partial charge in [0.15, 0.2) is 11.5 Å². The molecule has 0 heterocycles. The lowest BCUT2D eigenvalue weighted by molar-refractivity contribution is -0.387. The predicted octanol–water partition coefficient (Wildman–Crippen LogP) is 3.97. The van der Waals surface area contributed by atoms with Crippen LogP contribution in [0.2, 0.25) is 0 Å². The Bertz CT molecular complexity index is 1750. The van der Waals surface area contributed by atoms with E-state index in [0.717, 1.165) is 16.4 Å². The van der Waals surface area contributed by atoms with Crippen LogP contribution in [0.25, 0.3) is 0 Å². The average molecular weight is 618 g/mol. The molecule has 0 atom stereocenters. The maximum Gasteiger partial charge on any atom is 0.289 e. The van der Waals surface area contributed by atoms with Gasteiger partial charge < -0.3 is 14.8 Å². The van der Waals surface area contributed by atoms with Crippen LogP contribution in [0.15, 0.2) is 113 Å². The second kappa shape index (κ2) is 14.4. The zero-order valence-electron chi connectivity index (χ0n) is 23.3. The highest BCUT2D eigenvalue weighted by atomic mass is 32.2. The number of hydrogen-bond acceptors (Lipinski definition) is 9. The number of ether oxygens (including phenoxy) is 2. The summed E-state index contributed by atoms with van der Waals surface area (Å²) in [6.45, 7) is -0.913. The highest BCUT2D eigenvalue weighted by Crippen LogP contribution is 2.29. The van der Waals surface area contributed by atoms with Crippen molar-refractivity contribution in [2.45, 2.75) is 4.90 Å². The largest absolute Gasteiger partial charge is 0.497 e. The quantitative estimate of drug-likeness (QED) is 0.129. The first-order chi connectivity index (χ1) is 21.2. The van der Waals surface area contributed by atoms with Gasteiger partial charge in [-0.3, -0.25) is 24.0 Å². The molecule has 226 valence electrons. The first kappa shape index (κ1) is 31.2. The van der Waals surface area contributed by atoms with E-state index in [2.05, 4.69) is 15.8 Å². The molecule has 13 nitrogen and oxygen atoms in total. The molecule has 14 heteroatoms. The van der Waals surface area contributed by atoms with Crippen LogP contribution < -0.4 is 24.5 Å². The summed E-state index contributed by atoms with van der Waals surface area (Å²) in [5, 5.41) is 18.1. The number of nitrogens with zero attached hydrogens (tertiary/aromatic N) is 3. The molecular weight excluding hydrogens is 590 g/mol. The van der Waals surface area contributed by atoms with E-state index >= 15 is 0 Å². The van der Waals surface area contributed by atoms with Crippen molar-refractivity contribution in [2.75, 3.05) is 29.9 Å². The number of amides is 2. The topological polar surface area (TPSA) is 170 Å². The number of rotatable bonds is 13. The number of para-hydroxylation sites is 2. The number of nitrogens with one attached hydrogen (secondary N) is 2. The lowest BCUT2D eigenvalue weighted by atomic mass is 10.2. The fourth-order valence-electron chi connectivity index (χ4n) is 3.87. The Kier molecular flexibility index (Phi) is 10.2. The Labute approximate surface area is 252 Å². The summed E-state index contributed by atoms with van der Waals surface area (Å²) >= 11 is 0. The molecule has 0 aromatic heterocycles. The van der Waals surface area contributed by atoms with Crippen LogP contribution in [-0.2, 0) is 19.6 Å². The summed E-state index contributed by atoms with van der Waals surface area (Å²) in [7, 11) is -2.96. The van der Waals surface area contributed by atoms with Crippen molar-refractivity contribution in [3.63, 3.8) is 0 Å². The standard InChI is InChI=1S/C30H27N5O8S/c1-42-25-17-13-23(14-18-25)32-30(37)21-43-26-15-11-22(12-16-26)19-31-33-29(36)20-34(24-7-3-2-4-8-24)44(40,41)28-10-6-5-9-27(28)35(38)39/h2-19H,20-21H2,1H3,(H,32,37)(H,33,36)/b31-19-. The van der Waals surface area contributed by atoms with E-state index in [1.165, 1.54) is 30.5 Å². The molecule has 4 aromatic carbocycles. The third-order valence-corrected chi connectivity index (χ3v) is 7.81. The fraction of sp³-hybridized carbons (Fsp3) is 0.100. The Balaban J connectivity index is 1.35. The molecule has 0 saturated heterocycles. The zero-order chi connectivity index (χ0) is 31.5. The van der Waals surface area contributed by atoms with Crippen molar-refractivity contribution in [1.82, 2.24) is 5.43 Å². The monoisotopic (exact) mass is 617 g/mol. The number of nitro groups is 1. The molecule has 0 saturated carbocycles. The Hall–Kier alpha value is -5.76. The summed E-state index contributed by atoms with van der Waals surface area (Å²) < 4.78 is 38.3. The van der Waals surface area contributed by atoms with Crippen LogP contribution in [0.3, 0.4) is 0 Å². The molecule has 0 spiro atoms. The predicted molar refractivity (Wildman–Crippen MR) is 163 cm³/mol. The van der Waals surface area contributed by atoms with Gasteiger partial charge in [-0.1, -0.05) is 30.3 Å². The minimum Gasteiger partial charge on any atom is -0.497 e. The molecule has 2 N–H and O–H groups in total. The van der Waals surface area contributed by atoms with Crippen molar-refractivity contribution in [3.05, 3.63) is 119 Å². The molecule has 0 unspecified atom stereocenters. The molecule has 0 bridgehead atoms. The van der Waals surface area contributed by atoms with Crippen molar-refractivity contribution >= 4 is 45.1 Å². The number of sulfonamides is 1. The van der Waals surface area contributed by atoms with Crippen LogP contribution in [0.1, 0.15) is 5.56 Å². The summed E-state index contributed by atoms with van der Waals surface area (Å²) in [6.07, 6.45) is 1.33. The second-order valence-electron chi connectivity index (χ2n) is 9.00. The first-order valence-electron chi connectivity index (χ1n) is 13.0. The summed E-state index contributed by atoms with van der Waals surface area (Å²) in [6, 6.07) is 26.0. The van der Waals surface area contributed by atoms with Crippen LogP contribution in [0.4, 0.5) is 17.1 Å². The number of nitro benzene ring substituents is 1. The highest BCUT2D eigenvalue weighted by molar-refractivity contribution is 7.93. The maximum absolute atomic E-state index is 13.5. The zero-order valence-corrected chi connectivity index (χ0v) is 24.1. The van der Waals surface area contributed by atoms with Crippen molar-refractivity contribution in [3.8, 4) is 11.5 Å². The fourth-order valence-corrected chi connectivity index (χ4v) is 5.45. The van der Waals surface area contributed by atoms with Gasteiger partial charge in [0, 0.05) is 11.8 Å². The highest BCUT2D eigenvalue weighted by Gasteiger charge is 2.33. The van der Waals surface area contributed by atoms with Crippen molar-refractivity contribution in [2.24, 2.45) is 5.10 Å². The Morgan fingerprint density at radius 2 is 1.52 bits per heavy atom. The number of benzene rings is 4. The normalized spacial score (nSPS) is 11.0. The summed E-state index contributed by atoms with van der Waals surface area (Å²) in [5.74, 6) is -0.0391. The van der Waals surface area contributed by atoms with E-state index in [1.54, 1.807) is 73.8 Å². The van der Waals surface area contributed by atoms with Crippen LogP contribution in [-0.4, -0.2) is 51.6 Å². The van der Waals surface area contributed by atoms with E-state index < -0.39 is 38.0 Å². The molecular formula is C30H27N5O8S. The number of carbonyl (C=O) groups is 2. The minimum atomic E-state index is -4.51. The van der Waals surface area contributed by atoms with E-state index in [1.807, 2.05) is 0 Å². The number of methoxy groups -OCH3 is 1. The van der Waals surface area contributed by atoms with Gasteiger partial charge in [-0.05, 0) is 72.3 Å². The number of hydrogen-bond donors (Lipinski definition) is 2. The summed E-state index contributed by atoms with van der Waals surface area (Å²) in [5.41, 5.74) is 2.97. The van der Waals surface area contributed by atoms with Crippen LogP contribution in [0.5, 0.6) is 11.5 Å². The number of hydrazone groups is 1. The molecule has 0 aliphatic rings. The smallest absolute Gasteiger partial charge is 0.289 e. The molecule has 0 radical (unpaired) electrons. The van der Waals surface area contributed by atoms with Gasteiger partial charge >= 0.3 is 0 Å². The van der Waals surface area contributed by atoms with E-state index in [0.29, 0.717) is 22.7 Å². The lowest BCUT2D eigenvalue weighted by Crippen LogP contribution is -2.39. The maximum atomic E-state index is 13.5. The van der Waals surface area contributed by atoms with Gasteiger partial charge in [-0.15, -0.1) is 0 Å². The second-order valence-corrected chi connectivity index (χ2v) is 10.8. The third-order valence-electron chi connectivity index (χ3n) is 5.99. The van der Waals surface area contributed by atoms with E-state index in [4.69, 9.17) is 9.47 Å². The van der Waals surface area contributed by atoms with E-state index in [9.17, 15) is 28.1 Å². The Morgan fingerprint density at radius 1 is 0.886 bits per heavy atom. The molecule has 4 aromatic rings. The van der Waals surface area contributed by atoms with Crippen molar-refractivity contribution in [1.29, 1.82) is 0 Å². The molecule has 44 heavy (non-hydrogen) atoms. The van der Waals surface area contributed by atoms with Gasteiger partial charge in [0.25, 0.3) is 27.5 Å². The SMILES string of the molecule is COc1ccc(NC(=O)COc2ccc(/C=N\NC(=O)CN(c3ccccc3)S(=O)(=O)c3ccccc3[N+](=O)[O-])cc2)cc1. The van der Waals surface area contributed by atoms with Crippen molar-refractivity contribution < 1.29 is 32.4 Å². The average Bonchev–Trinajstić information content (AvgIpc) is 3.04. The van der Waals surface area contributed by atoms with E-state index in [-0.39, 0.29) is 18.2 Å². The minimum absolute atomic E-state index is 0.137. The van der Waals surface area contributed by atoms with Gasteiger partial charge in [0.1, 0.15) is 18.0 Å². The summed E-state index contributed by atoms with van der Waals surface area (Å²) in [4.78, 5) is 35.1. The first-order valence-corrected chi connectivity index (χ1v) is 14.4. The van der Waals surface area contributed by atoms with Gasteiger partial charge in [0.2, 0.25) is 0 Å². The van der Waals surface area contributed by atoms with Gasteiger partial charge in [0.05, 0.1) is 23.9 Å². The third kappa shape index (κ3) is 8.17. The lowest BCUT2D eigenvalue weighted by Gasteiger charge is -2.23. The Morgan fingerprint density at radius 3 is 2.18 bits per heavy atom. The number of anilines is 2.